The highest BCUT2D eigenvalue weighted by molar-refractivity contribution is 7.89. The van der Waals surface area contributed by atoms with Gasteiger partial charge in [-0.2, -0.15) is 4.31 Å². The Balaban J connectivity index is 1.43. The number of ether oxygens (including phenoxy) is 2. The third kappa shape index (κ3) is 3.40. The highest BCUT2D eigenvalue weighted by Crippen LogP contribution is 2.43. The fraction of sp³-hybridized carbons (Fsp3) is 0.455. The first-order valence-electron chi connectivity index (χ1n) is 10.1. The lowest BCUT2D eigenvalue weighted by Gasteiger charge is -2.24. The van der Waals surface area contributed by atoms with E-state index in [0.29, 0.717) is 26.2 Å². The van der Waals surface area contributed by atoms with Crippen molar-refractivity contribution in [3.8, 4) is 11.5 Å². The number of sulfonamides is 1. The average molecular weight is 400 g/mol. The minimum absolute atomic E-state index is 0.121. The monoisotopic (exact) mass is 399 g/mol. The van der Waals surface area contributed by atoms with E-state index < -0.39 is 10.0 Å². The van der Waals surface area contributed by atoms with Gasteiger partial charge in [-0.3, -0.25) is 0 Å². The van der Waals surface area contributed by atoms with Crippen LogP contribution in [0, 0.1) is 0 Å². The largest absolute Gasteiger partial charge is 0.493 e. The van der Waals surface area contributed by atoms with Crippen LogP contribution < -0.4 is 9.47 Å². The van der Waals surface area contributed by atoms with Gasteiger partial charge in [-0.25, -0.2) is 8.42 Å². The number of fused-ring (bicyclic) bond motifs is 2. The summed E-state index contributed by atoms with van der Waals surface area (Å²) in [5, 5.41) is 0. The Morgan fingerprint density at radius 2 is 1.82 bits per heavy atom. The van der Waals surface area contributed by atoms with Crippen LogP contribution in [0.1, 0.15) is 35.1 Å². The van der Waals surface area contributed by atoms with E-state index in [9.17, 15) is 8.42 Å². The van der Waals surface area contributed by atoms with Crippen molar-refractivity contribution in [3.63, 3.8) is 0 Å². The maximum Gasteiger partial charge on any atom is 0.214 e. The summed E-state index contributed by atoms with van der Waals surface area (Å²) in [6.45, 7) is 1.72. The van der Waals surface area contributed by atoms with E-state index in [0.717, 1.165) is 59.4 Å². The molecule has 0 amide bonds. The van der Waals surface area contributed by atoms with Crippen LogP contribution in [-0.2, 0) is 35.8 Å². The van der Waals surface area contributed by atoms with E-state index in [1.165, 1.54) is 0 Å². The number of benzene rings is 2. The molecule has 28 heavy (non-hydrogen) atoms. The summed E-state index contributed by atoms with van der Waals surface area (Å²) in [5.74, 6) is 1.95. The average Bonchev–Trinajstić information content (AvgIpc) is 3.22. The molecule has 0 radical (unpaired) electrons. The Bertz CT molecular complexity index is 951. The Hall–Kier alpha value is -2.05. The summed E-state index contributed by atoms with van der Waals surface area (Å²) in [6, 6.07) is 12.0. The van der Waals surface area contributed by atoms with Gasteiger partial charge in [0, 0.05) is 42.1 Å². The third-order valence-corrected chi connectivity index (χ3v) is 7.74. The molecule has 0 saturated heterocycles. The smallest absolute Gasteiger partial charge is 0.214 e. The summed E-state index contributed by atoms with van der Waals surface area (Å²) in [5.41, 5.74) is 4.36. The summed E-state index contributed by atoms with van der Waals surface area (Å²) >= 11 is 0. The summed E-state index contributed by atoms with van der Waals surface area (Å²) in [6.07, 6.45) is 4.11. The van der Waals surface area contributed by atoms with E-state index in [1.54, 1.807) is 4.31 Å². The summed E-state index contributed by atoms with van der Waals surface area (Å²) < 4.78 is 39.9. The molecular weight excluding hydrogens is 374 g/mol. The van der Waals surface area contributed by atoms with E-state index in [4.69, 9.17) is 9.47 Å². The first-order chi connectivity index (χ1) is 13.6. The molecule has 2 aromatic carbocycles. The quantitative estimate of drug-likeness (QED) is 0.718. The standard InChI is InChI=1S/C22H25NO4S/c24-28(25,13-10-16-4-2-1-3-5-16)23(18-6-7-18)15-20-19-9-12-26-21(19)14-17-8-11-27-22(17)20/h1-5,14,18H,6-13,15H2. The molecular formula is C22H25NO4S. The first kappa shape index (κ1) is 18.0. The molecule has 0 aromatic heterocycles. The van der Waals surface area contributed by atoms with Gasteiger partial charge in [0.2, 0.25) is 10.0 Å². The van der Waals surface area contributed by atoms with Crippen molar-refractivity contribution in [2.75, 3.05) is 19.0 Å². The molecule has 1 fully saturated rings. The SMILES string of the molecule is O=S(=O)(CCc1ccccc1)N(Cc1c2c(cc3c1OCC3)OCC2)C1CC1. The molecule has 5 rings (SSSR count). The van der Waals surface area contributed by atoms with Gasteiger partial charge < -0.3 is 9.47 Å². The lowest BCUT2D eigenvalue weighted by Crippen LogP contribution is -2.35. The van der Waals surface area contributed by atoms with Crippen LogP contribution in [0.4, 0.5) is 0 Å². The van der Waals surface area contributed by atoms with Crippen molar-refractivity contribution < 1.29 is 17.9 Å². The Morgan fingerprint density at radius 3 is 2.61 bits per heavy atom. The van der Waals surface area contributed by atoms with Crippen molar-refractivity contribution in [2.24, 2.45) is 0 Å². The van der Waals surface area contributed by atoms with Crippen molar-refractivity contribution in [1.82, 2.24) is 4.31 Å². The fourth-order valence-electron chi connectivity index (χ4n) is 4.23. The molecule has 1 saturated carbocycles. The molecule has 0 unspecified atom stereocenters. The number of hydrogen-bond donors (Lipinski definition) is 0. The second-order valence-corrected chi connectivity index (χ2v) is 9.89. The molecule has 6 heteroatoms. The van der Waals surface area contributed by atoms with Crippen LogP contribution in [0.2, 0.25) is 0 Å². The van der Waals surface area contributed by atoms with Crippen LogP contribution in [0.15, 0.2) is 36.4 Å². The van der Waals surface area contributed by atoms with E-state index in [-0.39, 0.29) is 11.8 Å². The second-order valence-electron chi connectivity index (χ2n) is 7.84. The molecule has 2 aliphatic heterocycles. The Labute approximate surface area is 166 Å². The maximum atomic E-state index is 13.2. The van der Waals surface area contributed by atoms with Gasteiger partial charge in [-0.15, -0.1) is 0 Å². The molecule has 148 valence electrons. The zero-order chi connectivity index (χ0) is 19.1. The van der Waals surface area contributed by atoms with Crippen LogP contribution in [-0.4, -0.2) is 37.7 Å². The highest BCUT2D eigenvalue weighted by Gasteiger charge is 2.39. The topological polar surface area (TPSA) is 55.8 Å². The van der Waals surface area contributed by atoms with Gasteiger partial charge in [-0.1, -0.05) is 30.3 Å². The summed E-state index contributed by atoms with van der Waals surface area (Å²) in [4.78, 5) is 0. The number of aryl methyl sites for hydroxylation is 1. The van der Waals surface area contributed by atoms with Gasteiger partial charge in [0.05, 0.1) is 19.0 Å². The van der Waals surface area contributed by atoms with Crippen LogP contribution in [0.25, 0.3) is 0 Å². The predicted molar refractivity (Wildman–Crippen MR) is 107 cm³/mol. The highest BCUT2D eigenvalue weighted by atomic mass is 32.2. The molecule has 0 N–H and O–H groups in total. The molecule has 2 heterocycles. The molecule has 0 bridgehead atoms. The van der Waals surface area contributed by atoms with E-state index >= 15 is 0 Å². The third-order valence-electron chi connectivity index (χ3n) is 5.88. The zero-order valence-electron chi connectivity index (χ0n) is 15.9. The van der Waals surface area contributed by atoms with Crippen molar-refractivity contribution in [1.29, 1.82) is 0 Å². The van der Waals surface area contributed by atoms with E-state index in [1.807, 2.05) is 30.3 Å². The number of rotatable bonds is 7. The van der Waals surface area contributed by atoms with Gasteiger partial charge >= 0.3 is 0 Å². The normalized spacial score (nSPS) is 17.9. The van der Waals surface area contributed by atoms with E-state index in [2.05, 4.69) is 6.07 Å². The van der Waals surface area contributed by atoms with Crippen molar-refractivity contribution in [2.45, 2.75) is 44.7 Å². The zero-order valence-corrected chi connectivity index (χ0v) is 16.7. The summed E-state index contributed by atoms with van der Waals surface area (Å²) in [7, 11) is -3.35. The molecule has 3 aliphatic rings. The first-order valence-corrected chi connectivity index (χ1v) is 11.7. The molecule has 0 atom stereocenters. The predicted octanol–water partition coefficient (Wildman–Crippen LogP) is 3.09. The van der Waals surface area contributed by atoms with Crippen LogP contribution in [0.5, 0.6) is 11.5 Å². The van der Waals surface area contributed by atoms with Crippen LogP contribution >= 0.6 is 0 Å². The van der Waals surface area contributed by atoms with Gasteiger partial charge in [0.1, 0.15) is 11.5 Å². The second kappa shape index (κ2) is 7.08. The van der Waals surface area contributed by atoms with Crippen molar-refractivity contribution in [3.05, 3.63) is 58.7 Å². The minimum atomic E-state index is -3.35. The van der Waals surface area contributed by atoms with Crippen LogP contribution in [0.3, 0.4) is 0 Å². The minimum Gasteiger partial charge on any atom is -0.493 e. The lowest BCUT2D eigenvalue weighted by molar-refractivity contribution is 0.341. The molecule has 1 aliphatic carbocycles. The number of hydrogen-bond acceptors (Lipinski definition) is 4. The maximum absolute atomic E-state index is 13.2. The Kier molecular flexibility index (Phi) is 4.56. The molecule has 5 nitrogen and oxygen atoms in total. The lowest BCUT2D eigenvalue weighted by atomic mass is 9.99. The van der Waals surface area contributed by atoms with Gasteiger partial charge in [0.25, 0.3) is 0 Å². The molecule has 2 aromatic rings. The fourth-order valence-corrected chi connectivity index (χ4v) is 5.95. The Morgan fingerprint density at radius 1 is 1.04 bits per heavy atom. The number of nitrogens with zero attached hydrogens (tertiary/aromatic N) is 1. The van der Waals surface area contributed by atoms with Crippen molar-refractivity contribution >= 4 is 10.0 Å². The van der Waals surface area contributed by atoms with Gasteiger partial charge in [0.15, 0.2) is 0 Å². The molecule has 0 spiro atoms. The van der Waals surface area contributed by atoms with Gasteiger partial charge in [-0.05, 0) is 30.9 Å².